The first kappa shape index (κ1) is 20.1. The van der Waals surface area contributed by atoms with E-state index >= 15 is 0 Å². The van der Waals surface area contributed by atoms with Gasteiger partial charge in [-0.25, -0.2) is 4.67 Å². The Kier molecular flexibility index (Phi) is 13.0. The Morgan fingerprint density at radius 2 is 1.40 bits per heavy atom. The van der Waals surface area contributed by atoms with Gasteiger partial charge >= 0.3 is 0 Å². The maximum Gasteiger partial charge on any atom is 0.147 e. The first-order chi connectivity index (χ1) is 9.58. The largest absolute Gasteiger partial charge is 0.333 e. The fraction of sp³-hybridized carbons (Fsp3) is 1.00. The molecule has 20 heavy (non-hydrogen) atoms. The molecule has 0 heterocycles. The molecule has 0 aliphatic heterocycles. The highest BCUT2D eigenvalue weighted by Crippen LogP contribution is 2.47. The molecule has 0 saturated heterocycles. The molecular formula is C16H37N2OP. The Hall–Kier alpha value is 0.150. The monoisotopic (exact) mass is 304 g/mol. The zero-order valence-corrected chi connectivity index (χ0v) is 15.2. The number of unbranched alkanes of at least 4 members (excludes halogenated alkanes) is 7. The summed E-state index contributed by atoms with van der Waals surface area (Å²) in [6.45, 7) is 11.2. The minimum Gasteiger partial charge on any atom is -0.333 e. The molecule has 1 unspecified atom stereocenters. The van der Waals surface area contributed by atoms with Gasteiger partial charge in [0, 0.05) is 19.8 Å². The highest BCUT2D eigenvalue weighted by molar-refractivity contribution is 7.56. The summed E-state index contributed by atoms with van der Waals surface area (Å²) in [6, 6.07) is 0. The van der Waals surface area contributed by atoms with Gasteiger partial charge < -0.3 is 4.52 Å². The van der Waals surface area contributed by atoms with Crippen LogP contribution in [0.5, 0.6) is 0 Å². The lowest BCUT2D eigenvalue weighted by atomic mass is 10.1. The molecule has 0 spiro atoms. The molecule has 0 saturated carbocycles. The number of nitrogens with zero attached hydrogens (tertiary/aromatic N) is 1. The Morgan fingerprint density at radius 3 is 1.90 bits per heavy atom. The molecular weight excluding hydrogens is 267 g/mol. The molecule has 0 aromatic heterocycles. The van der Waals surface area contributed by atoms with E-state index < -0.39 is 7.43 Å². The average Bonchev–Trinajstić information content (AvgIpc) is 2.42. The third-order valence-electron chi connectivity index (χ3n) is 3.73. The molecule has 0 aromatic carbocycles. The molecule has 3 nitrogen and oxygen atoms in total. The highest BCUT2D eigenvalue weighted by Gasteiger charge is 2.18. The molecule has 0 amide bonds. The van der Waals surface area contributed by atoms with Crippen molar-refractivity contribution in [2.75, 3.05) is 26.4 Å². The van der Waals surface area contributed by atoms with Crippen molar-refractivity contribution < 1.29 is 4.52 Å². The second-order valence-corrected chi connectivity index (χ2v) is 8.32. The quantitative estimate of drug-likeness (QED) is 0.310. The van der Waals surface area contributed by atoms with Crippen molar-refractivity contribution in [3.63, 3.8) is 0 Å². The van der Waals surface area contributed by atoms with E-state index in [1.165, 1.54) is 44.9 Å². The Balaban J connectivity index is 3.59. The normalized spacial score (nSPS) is 14.7. The second-order valence-electron chi connectivity index (χ2n) is 5.73. The summed E-state index contributed by atoms with van der Waals surface area (Å²) in [5.74, 6) is 0. The predicted octanol–water partition coefficient (Wildman–Crippen LogP) is 6.12. The van der Waals surface area contributed by atoms with Crippen molar-refractivity contribution in [1.29, 1.82) is 5.16 Å². The molecule has 0 radical (unpaired) electrons. The molecule has 4 heteroatoms. The zero-order valence-electron chi connectivity index (χ0n) is 14.3. The van der Waals surface area contributed by atoms with Crippen LogP contribution >= 0.6 is 7.43 Å². The van der Waals surface area contributed by atoms with E-state index in [0.29, 0.717) is 0 Å². The number of hydrogen-bond acceptors (Lipinski definition) is 2. The van der Waals surface area contributed by atoms with Gasteiger partial charge in [-0.1, -0.05) is 65.7 Å². The molecule has 0 aliphatic rings. The summed E-state index contributed by atoms with van der Waals surface area (Å²) in [6.07, 6.45) is 11.7. The minimum atomic E-state index is -2.06. The summed E-state index contributed by atoms with van der Waals surface area (Å²) >= 11 is 0. The van der Waals surface area contributed by atoms with Crippen LogP contribution in [0.15, 0.2) is 0 Å². The lowest BCUT2D eigenvalue weighted by Crippen LogP contribution is -2.21. The number of rotatable bonds is 14. The lowest BCUT2D eigenvalue weighted by Gasteiger charge is -2.30. The second kappa shape index (κ2) is 12.9. The third kappa shape index (κ3) is 9.96. The van der Waals surface area contributed by atoms with Gasteiger partial charge in [0.15, 0.2) is 0 Å². The highest BCUT2D eigenvalue weighted by atomic mass is 31.2. The molecule has 0 rings (SSSR count). The van der Waals surface area contributed by atoms with E-state index in [2.05, 4.69) is 25.4 Å². The summed E-state index contributed by atoms with van der Waals surface area (Å²) in [5.41, 5.74) is 0. The zero-order chi connectivity index (χ0) is 15.3. The van der Waals surface area contributed by atoms with Gasteiger partial charge in [0.1, 0.15) is 7.43 Å². The number of nitrogens with one attached hydrogen (secondary N) is 1. The van der Waals surface area contributed by atoms with Crippen LogP contribution in [0.3, 0.4) is 0 Å². The van der Waals surface area contributed by atoms with Gasteiger partial charge in [-0.3, -0.25) is 5.16 Å². The van der Waals surface area contributed by atoms with E-state index in [-0.39, 0.29) is 0 Å². The van der Waals surface area contributed by atoms with Gasteiger partial charge in [0.25, 0.3) is 0 Å². The molecule has 0 fully saturated rings. The van der Waals surface area contributed by atoms with E-state index in [0.717, 1.165) is 32.5 Å². The van der Waals surface area contributed by atoms with Crippen LogP contribution in [0.25, 0.3) is 0 Å². The molecule has 122 valence electrons. The summed E-state index contributed by atoms with van der Waals surface area (Å²) in [7, 11) is -2.06. The molecule has 0 aliphatic carbocycles. The van der Waals surface area contributed by atoms with E-state index in [4.69, 9.17) is 9.69 Å². The first-order valence-corrected chi connectivity index (χ1v) is 10.7. The van der Waals surface area contributed by atoms with E-state index in [1.807, 2.05) is 6.66 Å². The maximum atomic E-state index is 8.39. The van der Waals surface area contributed by atoms with Crippen LogP contribution in [0.4, 0.5) is 0 Å². The van der Waals surface area contributed by atoms with Crippen LogP contribution in [-0.2, 0) is 4.52 Å². The maximum absolute atomic E-state index is 8.39. The van der Waals surface area contributed by atoms with Crippen molar-refractivity contribution in [2.24, 2.45) is 0 Å². The van der Waals surface area contributed by atoms with Crippen molar-refractivity contribution in [1.82, 2.24) is 4.67 Å². The van der Waals surface area contributed by atoms with Gasteiger partial charge in [-0.2, -0.15) is 0 Å². The topological polar surface area (TPSA) is 36.3 Å². The standard InChI is InChI=1S/C16H37N2OP/c1-5-8-9-10-11-12-13-14-16-19-20(4,17)18(7-3)15-6-2/h17H,5-16H2,1-4H3. The summed E-state index contributed by atoms with van der Waals surface area (Å²) in [4.78, 5) is 0. The Labute approximate surface area is 127 Å². The smallest absolute Gasteiger partial charge is 0.147 e. The van der Waals surface area contributed by atoms with E-state index in [1.54, 1.807) is 0 Å². The Bertz CT molecular complexity index is 259. The summed E-state index contributed by atoms with van der Waals surface area (Å²) in [5, 5.41) is 8.39. The third-order valence-corrected chi connectivity index (χ3v) is 5.97. The average molecular weight is 304 g/mol. The van der Waals surface area contributed by atoms with Gasteiger partial charge in [-0.05, 0) is 12.8 Å². The van der Waals surface area contributed by atoms with E-state index in [9.17, 15) is 0 Å². The summed E-state index contributed by atoms with van der Waals surface area (Å²) < 4.78 is 8.09. The van der Waals surface area contributed by atoms with Crippen molar-refractivity contribution in [3.05, 3.63) is 0 Å². The fourth-order valence-electron chi connectivity index (χ4n) is 2.44. The van der Waals surface area contributed by atoms with Crippen molar-refractivity contribution in [3.8, 4) is 0 Å². The van der Waals surface area contributed by atoms with Crippen LogP contribution in [0.2, 0.25) is 0 Å². The molecule has 1 N–H and O–H groups in total. The molecule has 0 bridgehead atoms. The van der Waals surface area contributed by atoms with Crippen LogP contribution < -0.4 is 0 Å². The number of hydrogen-bond donors (Lipinski definition) is 1. The van der Waals surface area contributed by atoms with Crippen LogP contribution in [0, 0.1) is 5.16 Å². The Morgan fingerprint density at radius 1 is 0.850 bits per heavy atom. The predicted molar refractivity (Wildman–Crippen MR) is 91.7 cm³/mol. The SMILES string of the molecule is CCCCCCCCCCOP(C)(=N)N(CC)CCC. The lowest BCUT2D eigenvalue weighted by molar-refractivity contribution is 0.289. The van der Waals surface area contributed by atoms with Crippen molar-refractivity contribution in [2.45, 2.75) is 78.6 Å². The van der Waals surface area contributed by atoms with Crippen molar-refractivity contribution >= 4 is 7.43 Å². The van der Waals surface area contributed by atoms with Gasteiger partial charge in [0.05, 0.1) is 6.61 Å². The fourth-order valence-corrected chi connectivity index (χ4v) is 4.21. The van der Waals surface area contributed by atoms with Crippen LogP contribution in [0.1, 0.15) is 78.6 Å². The first-order valence-electron chi connectivity index (χ1n) is 8.60. The van der Waals surface area contributed by atoms with Crippen LogP contribution in [-0.4, -0.2) is 31.0 Å². The molecule has 1 atom stereocenters. The van der Waals surface area contributed by atoms with Gasteiger partial charge in [0.2, 0.25) is 0 Å². The molecule has 0 aromatic rings. The van der Waals surface area contributed by atoms with Gasteiger partial charge in [-0.15, -0.1) is 0 Å². The minimum absolute atomic E-state index is 0.767.